The van der Waals surface area contributed by atoms with Gasteiger partial charge < -0.3 is 17.2 Å². The zero-order chi connectivity index (χ0) is 15.6. The number of hydrogen-bond donors (Lipinski definition) is 3. The van der Waals surface area contributed by atoms with E-state index < -0.39 is 15.2 Å². The molecule has 2 rings (SSSR count). The molecule has 0 fully saturated rings. The maximum atomic E-state index is 11.5. The van der Waals surface area contributed by atoms with E-state index in [0.29, 0.717) is 16.5 Å². The van der Waals surface area contributed by atoms with Crippen molar-refractivity contribution in [2.24, 2.45) is 22.2 Å². The van der Waals surface area contributed by atoms with E-state index in [9.17, 15) is 8.42 Å². The maximum Gasteiger partial charge on any atom is 0.212 e. The molecule has 0 radical (unpaired) electrons. The average Bonchev–Trinajstić information content (AvgIpc) is 2.84. The summed E-state index contributed by atoms with van der Waals surface area (Å²) >= 11 is 1.24. The smallest absolute Gasteiger partial charge is 0.212 e. The van der Waals surface area contributed by atoms with Gasteiger partial charge in [0.05, 0.1) is 11.4 Å². The lowest BCUT2D eigenvalue weighted by Gasteiger charge is -2.09. The van der Waals surface area contributed by atoms with Crippen LogP contribution < -0.4 is 17.2 Å². The first kappa shape index (κ1) is 15.4. The van der Waals surface area contributed by atoms with Crippen LogP contribution in [0.5, 0.6) is 0 Å². The lowest BCUT2D eigenvalue weighted by Crippen LogP contribution is -2.21. The van der Waals surface area contributed by atoms with Gasteiger partial charge in [-0.2, -0.15) is 4.99 Å². The Morgan fingerprint density at radius 2 is 2.00 bits per heavy atom. The number of nitrogens with two attached hydrogens (primary N) is 3. The second-order valence-corrected chi connectivity index (χ2v) is 7.25. The molecular formula is C11H14N6O2S2. The van der Waals surface area contributed by atoms with E-state index in [1.165, 1.54) is 11.3 Å². The van der Waals surface area contributed by atoms with Crippen LogP contribution in [0.4, 0.5) is 5.13 Å². The molecule has 0 aliphatic heterocycles. The number of nitrogens with zero attached hydrogens (tertiary/aromatic N) is 3. The number of sulfone groups is 1. The van der Waals surface area contributed by atoms with Gasteiger partial charge in [-0.15, -0.1) is 11.3 Å². The third kappa shape index (κ3) is 3.74. The van der Waals surface area contributed by atoms with E-state index in [-0.39, 0.29) is 11.7 Å². The van der Waals surface area contributed by atoms with Crippen LogP contribution in [0.3, 0.4) is 0 Å². The number of pyridine rings is 1. The molecule has 0 spiro atoms. The van der Waals surface area contributed by atoms with Gasteiger partial charge in [-0.05, 0) is 12.1 Å². The van der Waals surface area contributed by atoms with Crippen LogP contribution >= 0.6 is 11.3 Å². The molecule has 6 N–H and O–H groups in total. The fraction of sp³-hybridized carbons (Fsp3) is 0.182. The molecule has 1 unspecified atom stereocenters. The summed E-state index contributed by atoms with van der Waals surface area (Å²) < 4.78 is 23.0. The van der Waals surface area contributed by atoms with Gasteiger partial charge in [0.2, 0.25) is 5.13 Å². The van der Waals surface area contributed by atoms with Crippen molar-refractivity contribution in [3.8, 4) is 11.4 Å². The molecule has 10 heteroatoms. The fourth-order valence-corrected chi connectivity index (χ4v) is 2.79. The molecule has 2 aromatic rings. The highest BCUT2D eigenvalue weighted by Gasteiger charge is 2.20. The molecule has 2 heterocycles. The van der Waals surface area contributed by atoms with E-state index >= 15 is 0 Å². The Bertz CT molecular complexity index is 780. The second-order valence-electron chi connectivity index (χ2n) is 4.25. The molecule has 112 valence electrons. The van der Waals surface area contributed by atoms with Gasteiger partial charge in [-0.25, -0.2) is 18.4 Å². The summed E-state index contributed by atoms with van der Waals surface area (Å²) in [5.74, 6) is -0.0864. The molecule has 1 atom stereocenters. The van der Waals surface area contributed by atoms with Gasteiger partial charge in [0, 0.05) is 11.6 Å². The highest BCUT2D eigenvalue weighted by Crippen LogP contribution is 2.26. The molecule has 0 bridgehead atoms. The summed E-state index contributed by atoms with van der Waals surface area (Å²) in [6, 6.07) is 4.92. The number of aromatic nitrogens is 2. The van der Waals surface area contributed by atoms with Crippen LogP contribution in [0, 0.1) is 0 Å². The zero-order valence-electron chi connectivity index (χ0n) is 11.1. The summed E-state index contributed by atoms with van der Waals surface area (Å²) in [7, 11) is -3.42. The zero-order valence-corrected chi connectivity index (χ0v) is 12.7. The summed E-state index contributed by atoms with van der Waals surface area (Å²) in [5.41, 5.74) is 17.5. The predicted octanol–water partition coefficient (Wildman–Crippen LogP) is 0.112. The Kier molecular flexibility index (Phi) is 4.21. The van der Waals surface area contributed by atoms with Crippen LogP contribution in [0.15, 0.2) is 28.6 Å². The van der Waals surface area contributed by atoms with E-state index in [0.717, 1.165) is 6.26 Å². The Morgan fingerprint density at radius 3 is 2.62 bits per heavy atom. The molecule has 0 saturated carbocycles. The van der Waals surface area contributed by atoms with E-state index in [1.807, 2.05) is 0 Å². The molecule has 0 aromatic carbocycles. The second kappa shape index (κ2) is 5.76. The molecule has 2 aromatic heterocycles. The Labute approximate surface area is 125 Å². The van der Waals surface area contributed by atoms with E-state index in [4.69, 9.17) is 17.2 Å². The summed E-state index contributed by atoms with van der Waals surface area (Å²) in [4.78, 5) is 12.3. The number of thiazole rings is 1. The van der Waals surface area contributed by atoms with Crippen molar-refractivity contribution in [1.29, 1.82) is 0 Å². The van der Waals surface area contributed by atoms with Gasteiger partial charge in [0.1, 0.15) is 5.69 Å². The first-order chi connectivity index (χ1) is 9.77. The molecule has 0 aliphatic carbocycles. The lowest BCUT2D eigenvalue weighted by molar-refractivity contribution is 0.588. The number of aliphatic imine (C=N–C) groups is 1. The standard InChI is InChI=1S/C11H14N6O2S2/c1-21(18,19)9(12)7-4-2-3-6(15-7)8-5-20-11(16-8)17-10(13)14/h2-5,9H,12H2,1H3,(H4,13,14,16,17). The Balaban J connectivity index is 2.38. The first-order valence-electron chi connectivity index (χ1n) is 5.74. The quantitative estimate of drug-likeness (QED) is 0.533. The fourth-order valence-electron chi connectivity index (χ4n) is 1.52. The third-order valence-electron chi connectivity index (χ3n) is 2.50. The molecule has 0 amide bonds. The van der Waals surface area contributed by atoms with Crippen molar-refractivity contribution in [2.45, 2.75) is 5.37 Å². The van der Waals surface area contributed by atoms with Crippen LogP contribution in [0.2, 0.25) is 0 Å². The maximum absolute atomic E-state index is 11.5. The summed E-state index contributed by atoms with van der Waals surface area (Å²) in [6.45, 7) is 0. The van der Waals surface area contributed by atoms with Crippen molar-refractivity contribution in [1.82, 2.24) is 9.97 Å². The van der Waals surface area contributed by atoms with Crippen molar-refractivity contribution in [2.75, 3.05) is 6.26 Å². The highest BCUT2D eigenvalue weighted by atomic mass is 32.2. The minimum absolute atomic E-state index is 0.0864. The largest absolute Gasteiger partial charge is 0.370 e. The van der Waals surface area contributed by atoms with Gasteiger partial charge in [0.15, 0.2) is 21.2 Å². The molecule has 0 saturated heterocycles. The van der Waals surface area contributed by atoms with Crippen molar-refractivity contribution < 1.29 is 8.42 Å². The van der Waals surface area contributed by atoms with Gasteiger partial charge in [0.25, 0.3) is 0 Å². The normalized spacial score (nSPS) is 12.9. The van der Waals surface area contributed by atoms with Crippen molar-refractivity contribution in [3.05, 3.63) is 29.3 Å². The molecule has 21 heavy (non-hydrogen) atoms. The Hall–Kier alpha value is -2.04. The minimum Gasteiger partial charge on any atom is -0.370 e. The molecular weight excluding hydrogens is 312 g/mol. The van der Waals surface area contributed by atoms with Crippen molar-refractivity contribution in [3.63, 3.8) is 0 Å². The highest BCUT2D eigenvalue weighted by molar-refractivity contribution is 7.90. The molecule has 8 nitrogen and oxygen atoms in total. The summed E-state index contributed by atoms with van der Waals surface area (Å²) in [6.07, 6.45) is 1.06. The topological polar surface area (TPSA) is 150 Å². The average molecular weight is 326 g/mol. The first-order valence-corrected chi connectivity index (χ1v) is 8.58. The lowest BCUT2D eigenvalue weighted by atomic mass is 10.2. The number of rotatable bonds is 4. The third-order valence-corrected chi connectivity index (χ3v) is 4.40. The Morgan fingerprint density at radius 1 is 1.29 bits per heavy atom. The minimum atomic E-state index is -3.42. The van der Waals surface area contributed by atoms with Crippen molar-refractivity contribution >= 4 is 32.3 Å². The van der Waals surface area contributed by atoms with E-state index in [2.05, 4.69) is 15.0 Å². The predicted molar refractivity (Wildman–Crippen MR) is 82.6 cm³/mol. The van der Waals surface area contributed by atoms with Crippen LogP contribution in [-0.2, 0) is 9.84 Å². The van der Waals surface area contributed by atoms with Gasteiger partial charge in [-0.1, -0.05) is 6.07 Å². The van der Waals surface area contributed by atoms with Gasteiger partial charge >= 0.3 is 0 Å². The van der Waals surface area contributed by atoms with Crippen LogP contribution in [-0.4, -0.2) is 30.6 Å². The molecule has 0 aliphatic rings. The van der Waals surface area contributed by atoms with Crippen LogP contribution in [0.1, 0.15) is 11.1 Å². The number of hydrogen-bond acceptors (Lipinski definition) is 7. The SMILES string of the molecule is CS(=O)(=O)C(N)c1cccc(-c2csc(N=C(N)N)n2)n1. The van der Waals surface area contributed by atoms with Gasteiger partial charge in [-0.3, -0.25) is 0 Å². The van der Waals surface area contributed by atoms with Crippen LogP contribution in [0.25, 0.3) is 11.4 Å². The number of guanidine groups is 1. The van der Waals surface area contributed by atoms with E-state index in [1.54, 1.807) is 23.6 Å². The summed E-state index contributed by atoms with van der Waals surface area (Å²) in [5, 5.41) is 0.942. The monoisotopic (exact) mass is 326 g/mol.